The number of Topliss-reactive ketones (excluding diaryl/α,β-unsaturated/α-hetero) is 1. The van der Waals surface area contributed by atoms with E-state index in [9.17, 15) is 4.79 Å². The Morgan fingerprint density at radius 3 is 1.94 bits per heavy atom. The molecule has 1 nitrogen and oxygen atoms in total. The van der Waals surface area contributed by atoms with Gasteiger partial charge in [0.25, 0.3) is 0 Å². The second-order valence-corrected chi connectivity index (χ2v) is 5.97. The van der Waals surface area contributed by atoms with Crippen LogP contribution in [0.2, 0.25) is 0 Å². The van der Waals surface area contributed by atoms with E-state index >= 15 is 0 Å². The van der Waals surface area contributed by atoms with Crippen LogP contribution in [0.3, 0.4) is 0 Å². The van der Waals surface area contributed by atoms with Gasteiger partial charge in [0.1, 0.15) is 5.78 Å². The summed E-state index contributed by atoms with van der Waals surface area (Å²) in [5.41, 5.74) is 5.01. The van der Waals surface area contributed by atoms with Gasteiger partial charge in [0.05, 0.1) is 5.41 Å². The minimum atomic E-state index is -0.194. The van der Waals surface area contributed by atoms with Crippen molar-refractivity contribution >= 4 is 5.78 Å². The molecule has 1 heteroatoms. The van der Waals surface area contributed by atoms with Gasteiger partial charge in [-0.05, 0) is 57.2 Å². The van der Waals surface area contributed by atoms with Crippen molar-refractivity contribution in [1.82, 2.24) is 0 Å². The fourth-order valence-corrected chi connectivity index (χ4v) is 3.87. The van der Waals surface area contributed by atoms with Gasteiger partial charge in [-0.1, -0.05) is 37.0 Å². The van der Waals surface area contributed by atoms with E-state index in [-0.39, 0.29) is 5.41 Å². The van der Waals surface area contributed by atoms with E-state index in [1.54, 1.807) is 6.92 Å². The third-order valence-corrected chi connectivity index (χ3v) is 4.54. The van der Waals surface area contributed by atoms with Crippen molar-refractivity contribution in [2.24, 2.45) is 0 Å². The normalized spacial score (nSPS) is 18.7. The Hall–Kier alpha value is -1.11. The van der Waals surface area contributed by atoms with Gasteiger partial charge in [-0.3, -0.25) is 4.79 Å². The van der Waals surface area contributed by atoms with Crippen molar-refractivity contribution in [1.29, 1.82) is 0 Å². The summed E-state index contributed by atoms with van der Waals surface area (Å²) in [5, 5.41) is 0. The Kier molecular flexibility index (Phi) is 3.61. The van der Waals surface area contributed by atoms with Crippen molar-refractivity contribution in [2.45, 2.75) is 65.2 Å². The predicted octanol–water partition coefficient (Wildman–Crippen LogP) is 4.40. The molecular formula is C17H24O. The zero-order valence-corrected chi connectivity index (χ0v) is 12.1. The van der Waals surface area contributed by atoms with Crippen molar-refractivity contribution in [3.63, 3.8) is 0 Å². The van der Waals surface area contributed by atoms with E-state index in [1.165, 1.54) is 41.5 Å². The molecule has 0 aliphatic heterocycles. The minimum absolute atomic E-state index is 0.194. The first kappa shape index (κ1) is 13.3. The number of aryl methyl sites for hydroxylation is 3. The number of hydrogen-bond donors (Lipinski definition) is 0. The van der Waals surface area contributed by atoms with Crippen LogP contribution >= 0.6 is 0 Å². The molecule has 0 heterocycles. The number of carbonyl (C=O) groups is 1. The predicted molar refractivity (Wildman–Crippen MR) is 76.1 cm³/mol. The SMILES string of the molecule is CC(=O)C1(c2c(C)cc(C)cc2C)CCCCC1. The molecule has 2 rings (SSSR count). The summed E-state index contributed by atoms with van der Waals surface area (Å²) in [5.74, 6) is 0.359. The van der Waals surface area contributed by atoms with Gasteiger partial charge < -0.3 is 0 Å². The molecule has 1 aromatic carbocycles. The Balaban J connectivity index is 2.59. The highest BCUT2D eigenvalue weighted by atomic mass is 16.1. The minimum Gasteiger partial charge on any atom is -0.299 e. The number of rotatable bonds is 2. The lowest BCUT2D eigenvalue weighted by Crippen LogP contribution is -2.37. The third-order valence-electron chi connectivity index (χ3n) is 4.54. The number of hydrogen-bond acceptors (Lipinski definition) is 1. The first-order chi connectivity index (χ1) is 8.47. The first-order valence-electron chi connectivity index (χ1n) is 7.07. The molecule has 0 atom stereocenters. The standard InChI is InChI=1S/C17H24O/c1-12-10-13(2)16(14(3)11-12)17(15(4)18)8-6-5-7-9-17/h10-11H,5-9H2,1-4H3. The molecule has 1 aromatic rings. The summed E-state index contributed by atoms with van der Waals surface area (Å²) < 4.78 is 0. The van der Waals surface area contributed by atoms with Crippen LogP contribution in [0.15, 0.2) is 12.1 Å². The van der Waals surface area contributed by atoms with Gasteiger partial charge >= 0.3 is 0 Å². The Morgan fingerprint density at radius 2 is 1.50 bits per heavy atom. The van der Waals surface area contributed by atoms with Crippen LogP contribution < -0.4 is 0 Å². The van der Waals surface area contributed by atoms with Gasteiger partial charge in [0.2, 0.25) is 0 Å². The van der Waals surface area contributed by atoms with E-state index in [0.29, 0.717) is 5.78 Å². The largest absolute Gasteiger partial charge is 0.299 e. The molecule has 1 saturated carbocycles. The lowest BCUT2D eigenvalue weighted by atomic mass is 9.64. The van der Waals surface area contributed by atoms with Gasteiger partial charge in [-0.2, -0.15) is 0 Å². The summed E-state index contributed by atoms with van der Waals surface area (Å²) in [6.45, 7) is 8.23. The van der Waals surface area contributed by atoms with Crippen LogP contribution in [0, 0.1) is 20.8 Å². The van der Waals surface area contributed by atoms with Crippen LogP contribution in [-0.4, -0.2) is 5.78 Å². The molecule has 1 aliphatic carbocycles. The topological polar surface area (TPSA) is 17.1 Å². The molecule has 0 saturated heterocycles. The highest BCUT2D eigenvalue weighted by Gasteiger charge is 2.40. The maximum atomic E-state index is 12.3. The van der Waals surface area contributed by atoms with Crippen LogP contribution in [-0.2, 0) is 10.2 Å². The second-order valence-electron chi connectivity index (χ2n) is 5.97. The Bertz CT molecular complexity index is 441. The van der Waals surface area contributed by atoms with Crippen LogP contribution in [0.1, 0.15) is 61.3 Å². The van der Waals surface area contributed by atoms with E-state index in [0.717, 1.165) is 12.8 Å². The van der Waals surface area contributed by atoms with E-state index < -0.39 is 0 Å². The molecule has 1 fully saturated rings. The van der Waals surface area contributed by atoms with Gasteiger partial charge in [-0.25, -0.2) is 0 Å². The molecule has 0 amide bonds. The number of benzene rings is 1. The van der Waals surface area contributed by atoms with E-state index in [2.05, 4.69) is 32.9 Å². The molecular weight excluding hydrogens is 220 g/mol. The zero-order valence-electron chi connectivity index (χ0n) is 12.1. The highest BCUT2D eigenvalue weighted by molar-refractivity contribution is 5.89. The molecule has 18 heavy (non-hydrogen) atoms. The van der Waals surface area contributed by atoms with Crippen LogP contribution in [0.4, 0.5) is 0 Å². The fourth-order valence-electron chi connectivity index (χ4n) is 3.87. The van der Waals surface area contributed by atoms with Crippen molar-refractivity contribution in [3.8, 4) is 0 Å². The average Bonchev–Trinajstić information content (AvgIpc) is 2.28. The summed E-state index contributed by atoms with van der Waals surface area (Å²) in [6, 6.07) is 4.45. The molecule has 0 aromatic heterocycles. The maximum absolute atomic E-state index is 12.3. The number of carbonyl (C=O) groups excluding carboxylic acids is 1. The third kappa shape index (κ3) is 2.11. The quantitative estimate of drug-likeness (QED) is 0.753. The van der Waals surface area contributed by atoms with Crippen molar-refractivity contribution in [3.05, 3.63) is 34.4 Å². The fraction of sp³-hybridized carbons (Fsp3) is 0.588. The van der Waals surface area contributed by atoms with Crippen molar-refractivity contribution < 1.29 is 4.79 Å². The summed E-state index contributed by atoms with van der Waals surface area (Å²) in [7, 11) is 0. The molecule has 0 N–H and O–H groups in total. The average molecular weight is 244 g/mol. The lowest BCUT2D eigenvalue weighted by Gasteiger charge is -2.38. The molecule has 0 radical (unpaired) electrons. The van der Waals surface area contributed by atoms with Gasteiger partial charge in [-0.15, -0.1) is 0 Å². The van der Waals surface area contributed by atoms with Crippen molar-refractivity contribution in [2.75, 3.05) is 0 Å². The van der Waals surface area contributed by atoms with E-state index in [1.807, 2.05) is 0 Å². The van der Waals surface area contributed by atoms with Crippen LogP contribution in [0.25, 0.3) is 0 Å². The maximum Gasteiger partial charge on any atom is 0.140 e. The Labute approximate surface area is 111 Å². The Morgan fingerprint density at radius 1 is 1.00 bits per heavy atom. The highest BCUT2D eigenvalue weighted by Crippen LogP contribution is 2.43. The van der Waals surface area contributed by atoms with Crippen LogP contribution in [0.5, 0.6) is 0 Å². The monoisotopic (exact) mass is 244 g/mol. The van der Waals surface area contributed by atoms with E-state index in [4.69, 9.17) is 0 Å². The first-order valence-corrected chi connectivity index (χ1v) is 7.07. The molecule has 0 unspecified atom stereocenters. The smallest absolute Gasteiger partial charge is 0.140 e. The molecule has 98 valence electrons. The molecule has 0 bridgehead atoms. The summed E-state index contributed by atoms with van der Waals surface area (Å²) in [6.07, 6.45) is 5.72. The summed E-state index contributed by atoms with van der Waals surface area (Å²) in [4.78, 5) is 12.3. The van der Waals surface area contributed by atoms with Gasteiger partial charge in [0.15, 0.2) is 0 Å². The zero-order chi connectivity index (χ0) is 13.3. The number of ketones is 1. The summed E-state index contributed by atoms with van der Waals surface area (Å²) >= 11 is 0. The van der Waals surface area contributed by atoms with Gasteiger partial charge in [0, 0.05) is 0 Å². The second kappa shape index (κ2) is 4.87. The molecule has 0 spiro atoms. The lowest BCUT2D eigenvalue weighted by molar-refractivity contribution is -0.123. The molecule has 1 aliphatic rings.